The third kappa shape index (κ3) is 5.41. The lowest BCUT2D eigenvalue weighted by Gasteiger charge is -2.31. The molecule has 4 nitrogen and oxygen atoms in total. The largest absolute Gasteiger partial charge is 0.396 e. The van der Waals surface area contributed by atoms with Crippen molar-refractivity contribution < 1.29 is 9.90 Å². The van der Waals surface area contributed by atoms with E-state index in [4.69, 9.17) is 0 Å². The topological polar surface area (TPSA) is 52.6 Å². The molecule has 0 saturated carbocycles. The monoisotopic (exact) mass is 342 g/mol. The van der Waals surface area contributed by atoms with Crippen molar-refractivity contribution >= 4 is 5.91 Å². The number of aliphatic hydroxyl groups excluding tert-OH is 1. The number of carbonyl (C=O) groups is 1. The number of hydrogen-bond donors (Lipinski definition) is 2. The Kier molecular flexibility index (Phi) is 6.65. The van der Waals surface area contributed by atoms with Crippen molar-refractivity contribution in [2.75, 3.05) is 26.2 Å². The number of rotatable bonds is 6. The molecule has 3 rings (SSSR count). The summed E-state index contributed by atoms with van der Waals surface area (Å²) in [5.41, 5.74) is 1.99. The Morgan fingerprint density at radius 3 is 2.48 bits per heavy atom. The molecule has 1 aromatic rings. The van der Waals surface area contributed by atoms with Gasteiger partial charge in [0.2, 0.25) is 0 Å². The molecule has 2 aliphatic rings. The molecule has 0 unspecified atom stereocenters. The van der Waals surface area contributed by atoms with E-state index < -0.39 is 0 Å². The second-order valence-corrected chi connectivity index (χ2v) is 7.46. The van der Waals surface area contributed by atoms with Crippen LogP contribution < -0.4 is 5.32 Å². The van der Waals surface area contributed by atoms with E-state index >= 15 is 0 Å². The molecule has 0 spiro atoms. The Morgan fingerprint density at radius 1 is 1.08 bits per heavy atom. The summed E-state index contributed by atoms with van der Waals surface area (Å²) in [6.45, 7) is 4.10. The van der Waals surface area contributed by atoms with Crippen LogP contribution in [0, 0.1) is 11.8 Å². The number of piperidine rings is 1. The molecule has 1 aromatic carbocycles. The molecule has 0 bridgehead atoms. The van der Waals surface area contributed by atoms with Crippen molar-refractivity contribution in [2.45, 2.75) is 38.6 Å². The van der Waals surface area contributed by atoms with Crippen molar-refractivity contribution in [1.82, 2.24) is 10.2 Å². The molecule has 0 aromatic heterocycles. The highest BCUT2D eigenvalue weighted by molar-refractivity contribution is 5.94. The van der Waals surface area contributed by atoms with Gasteiger partial charge in [-0.2, -0.15) is 0 Å². The third-order valence-electron chi connectivity index (χ3n) is 5.52. The molecule has 25 heavy (non-hydrogen) atoms. The Labute approximate surface area is 150 Å². The van der Waals surface area contributed by atoms with Crippen LogP contribution in [0.5, 0.6) is 0 Å². The van der Waals surface area contributed by atoms with Gasteiger partial charge in [0.05, 0.1) is 0 Å². The second kappa shape index (κ2) is 9.16. The lowest BCUT2D eigenvalue weighted by molar-refractivity contribution is 0.0946. The van der Waals surface area contributed by atoms with Crippen LogP contribution in [0.4, 0.5) is 0 Å². The van der Waals surface area contributed by atoms with E-state index in [1.54, 1.807) is 0 Å². The highest BCUT2D eigenvalue weighted by Crippen LogP contribution is 2.19. The minimum atomic E-state index is 0.0323. The molecule has 1 heterocycles. The van der Waals surface area contributed by atoms with Gasteiger partial charge < -0.3 is 10.4 Å². The standard InChI is InChI=1S/C21H30N2O2/c24-16-19-10-12-23(13-11-19)15-18-6-8-20(9-7-18)21(25)22-14-17-4-2-1-3-5-17/h1-2,6-9,17,19,24H,3-5,10-16H2,(H,22,25)/t17-/m0/s1. The van der Waals surface area contributed by atoms with Crippen LogP contribution in [0.15, 0.2) is 36.4 Å². The number of allylic oxidation sites excluding steroid dienone is 2. The molecular weight excluding hydrogens is 312 g/mol. The summed E-state index contributed by atoms with van der Waals surface area (Å²) < 4.78 is 0. The number of amides is 1. The first kappa shape index (κ1) is 18.2. The van der Waals surface area contributed by atoms with Gasteiger partial charge in [0.1, 0.15) is 0 Å². The maximum Gasteiger partial charge on any atom is 0.251 e. The minimum Gasteiger partial charge on any atom is -0.396 e. The summed E-state index contributed by atoms with van der Waals surface area (Å²) in [5.74, 6) is 1.09. The molecule has 2 N–H and O–H groups in total. The van der Waals surface area contributed by atoms with Gasteiger partial charge in [-0.15, -0.1) is 0 Å². The van der Waals surface area contributed by atoms with Gasteiger partial charge in [-0.25, -0.2) is 0 Å². The maximum absolute atomic E-state index is 12.3. The third-order valence-corrected chi connectivity index (χ3v) is 5.52. The molecule has 0 radical (unpaired) electrons. The normalized spacial score (nSPS) is 22.0. The zero-order valence-corrected chi connectivity index (χ0v) is 15.0. The number of likely N-dealkylation sites (tertiary alicyclic amines) is 1. The first-order valence-electron chi connectivity index (χ1n) is 9.60. The maximum atomic E-state index is 12.3. The Hall–Kier alpha value is -1.65. The highest BCUT2D eigenvalue weighted by atomic mass is 16.3. The van der Waals surface area contributed by atoms with Crippen molar-refractivity contribution in [3.8, 4) is 0 Å². The molecule has 136 valence electrons. The van der Waals surface area contributed by atoms with Crippen LogP contribution in [0.1, 0.15) is 48.0 Å². The van der Waals surface area contributed by atoms with E-state index in [1.165, 1.54) is 12.0 Å². The molecule has 1 amide bonds. The van der Waals surface area contributed by atoms with Gasteiger partial charge in [0.25, 0.3) is 5.91 Å². The van der Waals surface area contributed by atoms with Gasteiger partial charge in [-0.05, 0) is 74.7 Å². The average Bonchev–Trinajstić information content (AvgIpc) is 2.68. The first-order valence-corrected chi connectivity index (χ1v) is 9.60. The van der Waals surface area contributed by atoms with E-state index in [2.05, 4.69) is 34.5 Å². The van der Waals surface area contributed by atoms with Crippen molar-refractivity contribution in [1.29, 1.82) is 0 Å². The highest BCUT2D eigenvalue weighted by Gasteiger charge is 2.18. The fourth-order valence-electron chi connectivity index (χ4n) is 3.73. The summed E-state index contributed by atoms with van der Waals surface area (Å²) in [4.78, 5) is 14.7. The fourth-order valence-corrected chi connectivity index (χ4v) is 3.73. The zero-order chi connectivity index (χ0) is 17.5. The van der Waals surface area contributed by atoms with E-state index in [0.717, 1.165) is 57.4 Å². The lowest BCUT2D eigenvalue weighted by atomic mass is 9.94. The summed E-state index contributed by atoms with van der Waals surface area (Å²) in [6, 6.07) is 8.00. The predicted octanol–water partition coefficient (Wildman–Crippen LogP) is 2.98. The van der Waals surface area contributed by atoms with E-state index in [9.17, 15) is 9.90 Å². The van der Waals surface area contributed by atoms with Gasteiger partial charge in [-0.1, -0.05) is 24.3 Å². The van der Waals surface area contributed by atoms with Gasteiger partial charge in [0, 0.05) is 25.3 Å². The van der Waals surface area contributed by atoms with Gasteiger partial charge in [-0.3, -0.25) is 9.69 Å². The molecule has 1 fully saturated rings. The first-order chi connectivity index (χ1) is 12.2. The summed E-state index contributed by atoms with van der Waals surface area (Å²) in [5, 5.41) is 12.3. The Bertz CT molecular complexity index is 574. The molecular formula is C21H30N2O2. The van der Waals surface area contributed by atoms with Gasteiger partial charge >= 0.3 is 0 Å². The summed E-state index contributed by atoms with van der Waals surface area (Å²) >= 11 is 0. The number of aliphatic hydroxyl groups is 1. The molecule has 4 heteroatoms. The van der Waals surface area contributed by atoms with Crippen molar-refractivity contribution in [3.05, 3.63) is 47.5 Å². The van der Waals surface area contributed by atoms with Crippen molar-refractivity contribution in [3.63, 3.8) is 0 Å². The number of nitrogens with one attached hydrogen (secondary N) is 1. The zero-order valence-electron chi connectivity index (χ0n) is 15.0. The van der Waals surface area contributed by atoms with E-state index in [-0.39, 0.29) is 5.91 Å². The number of carbonyl (C=O) groups excluding carboxylic acids is 1. The molecule has 1 aliphatic heterocycles. The lowest BCUT2D eigenvalue weighted by Crippen LogP contribution is -2.34. The minimum absolute atomic E-state index is 0.0323. The van der Waals surface area contributed by atoms with Crippen LogP contribution in [0.25, 0.3) is 0 Å². The summed E-state index contributed by atoms with van der Waals surface area (Å²) in [7, 11) is 0. The summed E-state index contributed by atoms with van der Waals surface area (Å²) in [6.07, 6.45) is 9.97. The van der Waals surface area contributed by atoms with Crippen LogP contribution in [-0.2, 0) is 6.54 Å². The molecule has 1 aliphatic carbocycles. The van der Waals surface area contributed by atoms with Crippen LogP contribution in [-0.4, -0.2) is 42.2 Å². The second-order valence-electron chi connectivity index (χ2n) is 7.46. The van der Waals surface area contributed by atoms with Gasteiger partial charge in [0.15, 0.2) is 0 Å². The Balaban J connectivity index is 1.45. The number of benzene rings is 1. The van der Waals surface area contributed by atoms with E-state index in [1.807, 2.05) is 12.1 Å². The van der Waals surface area contributed by atoms with E-state index in [0.29, 0.717) is 18.4 Å². The average molecular weight is 342 g/mol. The number of hydrogen-bond acceptors (Lipinski definition) is 3. The number of nitrogens with zero attached hydrogens (tertiary/aromatic N) is 1. The molecule has 1 atom stereocenters. The SMILES string of the molecule is O=C(NC[C@H]1CC=CCC1)c1ccc(CN2CCC(CO)CC2)cc1. The van der Waals surface area contributed by atoms with Crippen molar-refractivity contribution in [2.24, 2.45) is 11.8 Å². The van der Waals surface area contributed by atoms with Crippen LogP contribution in [0.2, 0.25) is 0 Å². The van der Waals surface area contributed by atoms with Crippen LogP contribution >= 0.6 is 0 Å². The molecule has 1 saturated heterocycles. The quantitative estimate of drug-likeness (QED) is 0.782. The van der Waals surface area contributed by atoms with Crippen LogP contribution in [0.3, 0.4) is 0 Å². The predicted molar refractivity (Wildman–Crippen MR) is 100 cm³/mol. The fraction of sp³-hybridized carbons (Fsp3) is 0.571. The smallest absolute Gasteiger partial charge is 0.251 e. The Morgan fingerprint density at radius 2 is 1.84 bits per heavy atom.